The molecule has 5 rings (SSSR count). The molecule has 0 bridgehead atoms. The number of benzene rings is 1. The Morgan fingerprint density at radius 2 is 2.08 bits per heavy atom. The van der Waals surface area contributed by atoms with Crippen molar-refractivity contribution in [2.75, 3.05) is 31.1 Å². The van der Waals surface area contributed by atoms with Gasteiger partial charge < -0.3 is 19.3 Å². The van der Waals surface area contributed by atoms with Gasteiger partial charge in [0.1, 0.15) is 17.2 Å². The highest BCUT2D eigenvalue weighted by Gasteiger charge is 2.43. The Kier molecular flexibility index (Phi) is 6.46. The quantitative estimate of drug-likeness (QED) is 0.543. The van der Waals surface area contributed by atoms with Gasteiger partial charge in [0, 0.05) is 42.6 Å². The molecule has 2 aliphatic heterocycles. The smallest absolute Gasteiger partial charge is 0.410 e. The van der Waals surface area contributed by atoms with Crippen molar-refractivity contribution in [3.63, 3.8) is 0 Å². The van der Waals surface area contributed by atoms with Crippen LogP contribution in [0.2, 0.25) is 5.28 Å². The highest BCUT2D eigenvalue weighted by molar-refractivity contribution is 6.28. The van der Waals surface area contributed by atoms with Gasteiger partial charge in [-0.25, -0.2) is 14.8 Å². The first kappa shape index (κ1) is 24.6. The molecule has 3 heterocycles. The monoisotopic (exact) mass is 509 g/mol. The number of hydrogen-bond donors (Lipinski definition) is 0. The van der Waals surface area contributed by atoms with Crippen LogP contribution in [0, 0.1) is 11.3 Å². The van der Waals surface area contributed by atoms with Crippen LogP contribution in [-0.4, -0.2) is 58.8 Å². The van der Waals surface area contributed by atoms with Crippen LogP contribution in [0.15, 0.2) is 24.3 Å². The first-order chi connectivity index (χ1) is 17.2. The zero-order chi connectivity index (χ0) is 25.5. The summed E-state index contributed by atoms with van der Waals surface area (Å²) in [6, 6.07) is 10.2. The Morgan fingerprint density at radius 1 is 1.28 bits per heavy atom. The van der Waals surface area contributed by atoms with Crippen LogP contribution < -0.4 is 9.64 Å². The molecule has 9 heteroatoms. The summed E-state index contributed by atoms with van der Waals surface area (Å²) in [5.74, 6) is 1.79. The number of halogens is 1. The fourth-order valence-corrected chi connectivity index (χ4v) is 5.96. The number of fused-ring (bicyclic) bond motifs is 3. The number of carbonyl (C=O) groups excluding carboxylic acids is 1. The molecule has 1 spiro atoms. The average molecular weight is 510 g/mol. The predicted octanol–water partition coefficient (Wildman–Crippen LogP) is 4.68. The van der Waals surface area contributed by atoms with Gasteiger partial charge in [-0.3, -0.25) is 0 Å². The zero-order valence-electron chi connectivity index (χ0n) is 21.1. The lowest BCUT2D eigenvalue weighted by molar-refractivity contribution is 0.0144. The van der Waals surface area contributed by atoms with Crippen molar-refractivity contribution < 1.29 is 14.3 Å². The molecular weight excluding hydrogens is 478 g/mol. The van der Waals surface area contributed by atoms with Gasteiger partial charge in [0.25, 0.3) is 0 Å². The first-order valence-electron chi connectivity index (χ1n) is 12.6. The Bertz CT molecular complexity index is 1210. The van der Waals surface area contributed by atoms with Gasteiger partial charge in [0.15, 0.2) is 0 Å². The van der Waals surface area contributed by atoms with Gasteiger partial charge in [0.05, 0.1) is 30.8 Å². The van der Waals surface area contributed by atoms with Crippen molar-refractivity contribution in [3.05, 3.63) is 46.4 Å². The van der Waals surface area contributed by atoms with Gasteiger partial charge in [0.2, 0.25) is 5.28 Å². The summed E-state index contributed by atoms with van der Waals surface area (Å²) in [6.07, 6.45) is 3.39. The summed E-state index contributed by atoms with van der Waals surface area (Å²) in [5.41, 5.74) is 2.74. The van der Waals surface area contributed by atoms with Crippen LogP contribution in [0.1, 0.15) is 56.9 Å². The van der Waals surface area contributed by atoms with Crippen molar-refractivity contribution >= 4 is 23.5 Å². The van der Waals surface area contributed by atoms with E-state index in [1.54, 1.807) is 4.90 Å². The second-order valence-corrected chi connectivity index (χ2v) is 11.3. The second kappa shape index (κ2) is 9.44. The van der Waals surface area contributed by atoms with E-state index in [1.165, 1.54) is 5.56 Å². The van der Waals surface area contributed by atoms with Crippen LogP contribution in [0.4, 0.5) is 10.6 Å². The maximum absolute atomic E-state index is 12.8. The number of hydrogen-bond acceptors (Lipinski definition) is 7. The molecule has 1 aliphatic carbocycles. The second-order valence-electron chi connectivity index (χ2n) is 10.9. The number of piperazine rings is 1. The minimum atomic E-state index is -0.594. The lowest BCUT2D eigenvalue weighted by Gasteiger charge is -2.44. The Labute approximate surface area is 217 Å². The molecule has 1 saturated heterocycles. The predicted molar refractivity (Wildman–Crippen MR) is 136 cm³/mol. The lowest BCUT2D eigenvalue weighted by atomic mass is 9.66. The number of amides is 1. The first-order valence-corrected chi connectivity index (χ1v) is 13.0. The summed E-state index contributed by atoms with van der Waals surface area (Å²) in [6.45, 7) is 7.77. The van der Waals surface area contributed by atoms with Crippen LogP contribution in [0.3, 0.4) is 0 Å². The molecule has 0 saturated carbocycles. The molecule has 1 aromatic carbocycles. The third-order valence-corrected chi connectivity index (χ3v) is 7.61. The van der Waals surface area contributed by atoms with E-state index in [4.69, 9.17) is 21.1 Å². The van der Waals surface area contributed by atoms with E-state index < -0.39 is 5.60 Å². The van der Waals surface area contributed by atoms with Crippen molar-refractivity contribution in [1.82, 2.24) is 14.9 Å². The summed E-state index contributed by atoms with van der Waals surface area (Å²) >= 11 is 6.47. The Morgan fingerprint density at radius 3 is 2.86 bits per heavy atom. The molecule has 0 N–H and O–H groups in total. The molecule has 2 atom stereocenters. The molecule has 2 aromatic rings. The minimum Gasteiger partial charge on any atom is -0.493 e. The minimum absolute atomic E-state index is 0.0183. The summed E-state index contributed by atoms with van der Waals surface area (Å²) in [5, 5.41) is 9.69. The fourth-order valence-electron chi connectivity index (χ4n) is 5.78. The molecule has 36 heavy (non-hydrogen) atoms. The zero-order valence-corrected chi connectivity index (χ0v) is 21.8. The number of carbonyl (C=O) groups is 1. The van der Waals surface area contributed by atoms with Gasteiger partial charge in [-0.2, -0.15) is 5.26 Å². The average Bonchev–Trinajstić information content (AvgIpc) is 2.83. The van der Waals surface area contributed by atoms with E-state index in [-0.39, 0.29) is 29.3 Å². The largest absolute Gasteiger partial charge is 0.493 e. The highest BCUT2D eigenvalue weighted by Crippen LogP contribution is 2.48. The van der Waals surface area contributed by atoms with Crippen LogP contribution in [-0.2, 0) is 23.0 Å². The normalized spacial score (nSPS) is 23.4. The fraction of sp³-hybridized carbons (Fsp3) is 0.556. The molecule has 1 aromatic heterocycles. The SMILES string of the molecule is CC(C)(C)OC(=O)N1CCN(c2nc(Cl)nc3c2CCC2(CCOc4ccccc42)C3)CC1CC#N. The van der Waals surface area contributed by atoms with Crippen molar-refractivity contribution in [1.29, 1.82) is 5.26 Å². The molecule has 0 radical (unpaired) electrons. The third-order valence-electron chi connectivity index (χ3n) is 7.44. The molecular formula is C27H32ClN5O3. The number of nitriles is 1. The lowest BCUT2D eigenvalue weighted by Crippen LogP contribution is -2.56. The van der Waals surface area contributed by atoms with Crippen LogP contribution in [0.25, 0.3) is 0 Å². The van der Waals surface area contributed by atoms with Crippen molar-refractivity contribution in [3.8, 4) is 11.8 Å². The van der Waals surface area contributed by atoms with E-state index in [2.05, 4.69) is 33.1 Å². The molecule has 2 unspecified atom stereocenters. The topological polar surface area (TPSA) is 91.6 Å². The molecule has 1 fully saturated rings. The van der Waals surface area contributed by atoms with Crippen molar-refractivity contribution in [2.45, 2.75) is 69.9 Å². The van der Waals surface area contributed by atoms with Crippen molar-refractivity contribution in [2.24, 2.45) is 0 Å². The van der Waals surface area contributed by atoms with Gasteiger partial charge in [-0.05, 0) is 57.7 Å². The Hall–Kier alpha value is -3.05. The summed E-state index contributed by atoms with van der Waals surface area (Å²) in [4.78, 5) is 26.0. The number of anilines is 1. The van der Waals surface area contributed by atoms with E-state index in [1.807, 2.05) is 32.9 Å². The van der Waals surface area contributed by atoms with Gasteiger partial charge in [-0.15, -0.1) is 0 Å². The van der Waals surface area contributed by atoms with Gasteiger partial charge >= 0.3 is 6.09 Å². The van der Waals surface area contributed by atoms with Gasteiger partial charge in [-0.1, -0.05) is 18.2 Å². The number of para-hydroxylation sites is 1. The molecule has 1 amide bonds. The number of rotatable bonds is 2. The highest BCUT2D eigenvalue weighted by atomic mass is 35.5. The summed E-state index contributed by atoms with van der Waals surface area (Å²) in [7, 11) is 0. The van der Waals surface area contributed by atoms with E-state index in [0.717, 1.165) is 48.5 Å². The summed E-state index contributed by atoms with van der Waals surface area (Å²) < 4.78 is 11.5. The third kappa shape index (κ3) is 4.69. The number of ether oxygens (including phenoxy) is 2. The van der Waals surface area contributed by atoms with E-state index in [9.17, 15) is 10.1 Å². The van der Waals surface area contributed by atoms with E-state index >= 15 is 0 Å². The maximum Gasteiger partial charge on any atom is 0.410 e. The molecule has 190 valence electrons. The van der Waals surface area contributed by atoms with Crippen LogP contribution >= 0.6 is 11.6 Å². The standard InChI is InChI=1S/C27H32ClN5O3/c1-26(2,3)36-25(34)33-14-13-32(17-18(33)9-12-29)23-19-8-10-27(16-21(19)30-24(28)31-23)11-15-35-22-7-5-4-6-20(22)27/h4-7,18H,8-11,13-17H2,1-3H3. The Balaban J connectivity index is 1.42. The van der Waals surface area contributed by atoms with Crippen LogP contribution in [0.5, 0.6) is 5.75 Å². The maximum atomic E-state index is 12.8. The van der Waals surface area contributed by atoms with E-state index in [0.29, 0.717) is 26.2 Å². The number of nitrogens with zero attached hydrogens (tertiary/aromatic N) is 5. The molecule has 3 aliphatic rings. The molecule has 8 nitrogen and oxygen atoms in total. The number of aromatic nitrogens is 2.